The van der Waals surface area contributed by atoms with Gasteiger partial charge in [0, 0.05) is 5.69 Å². The monoisotopic (exact) mass is 341 g/mol. The molecule has 4 nitrogen and oxygen atoms in total. The first kappa shape index (κ1) is 18.8. The van der Waals surface area contributed by atoms with E-state index in [0.29, 0.717) is 11.4 Å². The van der Waals surface area contributed by atoms with Crippen LogP contribution < -0.4 is 14.8 Å². The van der Waals surface area contributed by atoms with Crippen molar-refractivity contribution in [1.82, 2.24) is 0 Å². The highest BCUT2D eigenvalue weighted by atomic mass is 16.5. The fourth-order valence-corrected chi connectivity index (χ4v) is 2.29. The van der Waals surface area contributed by atoms with Crippen LogP contribution in [0.25, 0.3) is 0 Å². The molecule has 0 aliphatic rings. The second kappa shape index (κ2) is 8.06. The van der Waals surface area contributed by atoms with Crippen LogP contribution in [0.1, 0.15) is 40.2 Å². The number of hydrogen-bond donors (Lipinski definition) is 1. The molecular weight excluding hydrogens is 314 g/mol. The lowest BCUT2D eigenvalue weighted by Crippen LogP contribution is -2.20. The van der Waals surface area contributed by atoms with Gasteiger partial charge in [0.15, 0.2) is 6.61 Å². The van der Waals surface area contributed by atoms with Crippen LogP contribution in [0, 0.1) is 0 Å². The van der Waals surface area contributed by atoms with Crippen molar-refractivity contribution in [2.75, 3.05) is 11.9 Å². The van der Waals surface area contributed by atoms with E-state index < -0.39 is 0 Å². The molecule has 0 saturated carbocycles. The van der Waals surface area contributed by atoms with Gasteiger partial charge in [-0.1, -0.05) is 32.9 Å². The Morgan fingerprint density at radius 1 is 0.960 bits per heavy atom. The van der Waals surface area contributed by atoms with Gasteiger partial charge in [-0.2, -0.15) is 0 Å². The van der Waals surface area contributed by atoms with E-state index in [-0.39, 0.29) is 24.0 Å². The summed E-state index contributed by atoms with van der Waals surface area (Å²) >= 11 is 0. The van der Waals surface area contributed by atoms with Crippen LogP contribution in [0.5, 0.6) is 11.5 Å². The first-order valence-corrected chi connectivity index (χ1v) is 8.54. The molecule has 1 amide bonds. The van der Waals surface area contributed by atoms with Gasteiger partial charge >= 0.3 is 0 Å². The van der Waals surface area contributed by atoms with Gasteiger partial charge in [0.1, 0.15) is 11.5 Å². The number of hydrogen-bond acceptors (Lipinski definition) is 3. The number of benzene rings is 2. The summed E-state index contributed by atoms with van der Waals surface area (Å²) in [6.45, 7) is 10.4. The minimum Gasteiger partial charge on any atom is -0.491 e. The van der Waals surface area contributed by atoms with Crippen molar-refractivity contribution in [3.63, 3.8) is 0 Å². The molecule has 0 aromatic heterocycles. The van der Waals surface area contributed by atoms with E-state index in [4.69, 9.17) is 9.47 Å². The molecule has 2 aromatic rings. The Morgan fingerprint density at radius 3 is 2.04 bits per heavy atom. The molecule has 2 aromatic carbocycles. The van der Waals surface area contributed by atoms with Gasteiger partial charge in [-0.25, -0.2) is 0 Å². The van der Waals surface area contributed by atoms with Crippen molar-refractivity contribution in [3.05, 3.63) is 54.1 Å². The SMILES string of the molecule is CC(C)Oc1ccc(NC(=O)COc2ccc(C(C)(C)C)cc2)cc1. The highest BCUT2D eigenvalue weighted by Gasteiger charge is 2.13. The first-order valence-electron chi connectivity index (χ1n) is 8.54. The third-order valence-electron chi connectivity index (χ3n) is 3.60. The Morgan fingerprint density at radius 2 is 1.52 bits per heavy atom. The van der Waals surface area contributed by atoms with Crippen molar-refractivity contribution in [2.45, 2.75) is 46.1 Å². The van der Waals surface area contributed by atoms with Gasteiger partial charge in [-0.3, -0.25) is 4.79 Å². The summed E-state index contributed by atoms with van der Waals surface area (Å²) in [6.07, 6.45) is 0.124. The lowest BCUT2D eigenvalue weighted by Gasteiger charge is -2.19. The lowest BCUT2D eigenvalue weighted by atomic mass is 9.87. The lowest BCUT2D eigenvalue weighted by molar-refractivity contribution is -0.118. The molecule has 2 rings (SSSR count). The predicted molar refractivity (Wildman–Crippen MR) is 101 cm³/mol. The zero-order chi connectivity index (χ0) is 18.4. The van der Waals surface area contributed by atoms with E-state index >= 15 is 0 Å². The number of ether oxygens (including phenoxy) is 2. The Hall–Kier alpha value is -2.49. The van der Waals surface area contributed by atoms with E-state index in [1.807, 2.05) is 62.4 Å². The summed E-state index contributed by atoms with van der Waals surface area (Å²) < 4.78 is 11.1. The Kier molecular flexibility index (Phi) is 6.07. The van der Waals surface area contributed by atoms with Gasteiger partial charge in [-0.05, 0) is 61.2 Å². The van der Waals surface area contributed by atoms with Crippen molar-refractivity contribution in [3.8, 4) is 11.5 Å². The van der Waals surface area contributed by atoms with Crippen LogP contribution in [-0.4, -0.2) is 18.6 Å². The average Bonchev–Trinajstić information content (AvgIpc) is 2.54. The van der Waals surface area contributed by atoms with E-state index in [1.54, 1.807) is 0 Å². The Labute approximate surface area is 150 Å². The minimum atomic E-state index is -0.197. The van der Waals surface area contributed by atoms with E-state index in [0.717, 1.165) is 5.75 Å². The van der Waals surface area contributed by atoms with E-state index in [9.17, 15) is 4.79 Å². The number of rotatable bonds is 6. The normalized spacial score (nSPS) is 11.3. The number of nitrogens with one attached hydrogen (secondary N) is 1. The van der Waals surface area contributed by atoms with Crippen molar-refractivity contribution in [2.24, 2.45) is 0 Å². The summed E-state index contributed by atoms with van der Waals surface area (Å²) in [6, 6.07) is 15.1. The molecule has 25 heavy (non-hydrogen) atoms. The summed E-state index contributed by atoms with van der Waals surface area (Å²) in [5.74, 6) is 1.27. The fourth-order valence-electron chi connectivity index (χ4n) is 2.29. The Balaban J connectivity index is 1.84. The molecule has 0 radical (unpaired) electrons. The third-order valence-corrected chi connectivity index (χ3v) is 3.60. The van der Waals surface area contributed by atoms with Crippen molar-refractivity contribution in [1.29, 1.82) is 0 Å². The molecule has 0 aliphatic carbocycles. The van der Waals surface area contributed by atoms with Crippen LogP contribution in [0.15, 0.2) is 48.5 Å². The molecule has 0 aliphatic heterocycles. The molecule has 0 atom stereocenters. The summed E-state index contributed by atoms with van der Waals surface area (Å²) in [7, 11) is 0. The van der Waals surface area contributed by atoms with Crippen LogP contribution in [0.3, 0.4) is 0 Å². The number of carbonyl (C=O) groups is 1. The van der Waals surface area contributed by atoms with Crippen LogP contribution in [-0.2, 0) is 10.2 Å². The van der Waals surface area contributed by atoms with Gasteiger partial charge in [0.05, 0.1) is 6.10 Å². The molecule has 0 bridgehead atoms. The standard InChI is InChI=1S/C21H27NO3/c1-15(2)25-19-12-8-17(9-13-19)22-20(23)14-24-18-10-6-16(7-11-18)21(3,4)5/h6-13,15H,14H2,1-5H3,(H,22,23). The Bertz CT molecular complexity index is 683. The van der Waals surface area contributed by atoms with E-state index in [1.165, 1.54) is 5.56 Å². The minimum absolute atomic E-state index is 0.0287. The van der Waals surface area contributed by atoms with Gasteiger partial charge in [0.25, 0.3) is 5.91 Å². The molecule has 0 unspecified atom stereocenters. The molecular formula is C21H27NO3. The topological polar surface area (TPSA) is 47.6 Å². The summed E-state index contributed by atoms with van der Waals surface area (Å²) in [4.78, 5) is 12.0. The molecule has 0 fully saturated rings. The highest BCUT2D eigenvalue weighted by molar-refractivity contribution is 5.91. The molecule has 1 N–H and O–H groups in total. The summed E-state index contributed by atoms with van der Waals surface area (Å²) in [5, 5.41) is 2.81. The molecule has 0 spiro atoms. The van der Waals surface area contributed by atoms with Crippen LogP contribution in [0.2, 0.25) is 0 Å². The quantitative estimate of drug-likeness (QED) is 0.822. The molecule has 4 heteroatoms. The number of carbonyl (C=O) groups excluding carboxylic acids is 1. The van der Waals surface area contributed by atoms with Crippen LogP contribution in [0.4, 0.5) is 5.69 Å². The molecule has 0 heterocycles. The predicted octanol–water partition coefficient (Wildman–Crippen LogP) is 4.79. The van der Waals surface area contributed by atoms with E-state index in [2.05, 4.69) is 26.1 Å². The number of anilines is 1. The maximum atomic E-state index is 12.0. The smallest absolute Gasteiger partial charge is 0.262 e. The van der Waals surface area contributed by atoms with Gasteiger partial charge < -0.3 is 14.8 Å². The largest absolute Gasteiger partial charge is 0.491 e. The zero-order valence-corrected chi connectivity index (χ0v) is 15.6. The zero-order valence-electron chi connectivity index (χ0n) is 15.6. The van der Waals surface area contributed by atoms with Gasteiger partial charge in [0.2, 0.25) is 0 Å². The van der Waals surface area contributed by atoms with Gasteiger partial charge in [-0.15, -0.1) is 0 Å². The fraction of sp³-hybridized carbons (Fsp3) is 0.381. The average molecular weight is 341 g/mol. The maximum Gasteiger partial charge on any atom is 0.262 e. The second-order valence-electron chi connectivity index (χ2n) is 7.30. The maximum absolute atomic E-state index is 12.0. The third kappa shape index (κ3) is 6.14. The summed E-state index contributed by atoms with van der Waals surface area (Å²) in [5.41, 5.74) is 2.04. The van der Waals surface area contributed by atoms with Crippen LogP contribution >= 0.6 is 0 Å². The van der Waals surface area contributed by atoms with Crippen molar-refractivity contribution >= 4 is 11.6 Å². The second-order valence-corrected chi connectivity index (χ2v) is 7.30. The molecule has 134 valence electrons. The van der Waals surface area contributed by atoms with Crippen molar-refractivity contribution < 1.29 is 14.3 Å². The number of amides is 1. The highest BCUT2D eigenvalue weighted by Crippen LogP contribution is 2.24. The molecule has 0 saturated heterocycles. The first-order chi connectivity index (χ1) is 11.7.